The number of furan rings is 1. The molecule has 0 unspecified atom stereocenters. The van der Waals surface area contributed by atoms with Crippen molar-refractivity contribution in [1.82, 2.24) is 4.98 Å². The van der Waals surface area contributed by atoms with Gasteiger partial charge in [0.15, 0.2) is 5.58 Å². The number of fused-ring (bicyclic) bond motifs is 1. The highest BCUT2D eigenvalue weighted by Gasteiger charge is 2.14. The van der Waals surface area contributed by atoms with Gasteiger partial charge in [0.05, 0.1) is 5.69 Å². The molecule has 2 nitrogen and oxygen atoms in total. The zero-order chi connectivity index (χ0) is 17.4. The third kappa shape index (κ3) is 2.66. The SMILES string of the molecule is C=Cc1cc(C)c2oc(-c3cccc(-c4ccccc4)c3C)cc2n1. The van der Waals surface area contributed by atoms with Gasteiger partial charge in [-0.3, -0.25) is 0 Å². The van der Waals surface area contributed by atoms with E-state index in [-0.39, 0.29) is 0 Å². The van der Waals surface area contributed by atoms with Crippen molar-refractivity contribution in [1.29, 1.82) is 0 Å². The summed E-state index contributed by atoms with van der Waals surface area (Å²) in [5.74, 6) is 0.849. The molecule has 0 saturated heterocycles. The average molecular weight is 325 g/mol. The second kappa shape index (κ2) is 6.06. The van der Waals surface area contributed by atoms with Gasteiger partial charge in [0.1, 0.15) is 11.3 Å². The maximum absolute atomic E-state index is 6.16. The number of hydrogen-bond acceptors (Lipinski definition) is 2. The lowest BCUT2D eigenvalue weighted by atomic mass is 9.95. The van der Waals surface area contributed by atoms with Crippen LogP contribution in [-0.2, 0) is 0 Å². The van der Waals surface area contributed by atoms with E-state index in [0.29, 0.717) is 0 Å². The van der Waals surface area contributed by atoms with Crippen molar-refractivity contribution >= 4 is 17.2 Å². The summed E-state index contributed by atoms with van der Waals surface area (Å²) in [7, 11) is 0. The Balaban J connectivity index is 1.89. The second-order valence-corrected chi connectivity index (χ2v) is 6.24. The van der Waals surface area contributed by atoms with E-state index in [1.54, 1.807) is 6.08 Å². The molecule has 0 radical (unpaired) electrons. The lowest BCUT2D eigenvalue weighted by Gasteiger charge is -2.10. The monoisotopic (exact) mass is 325 g/mol. The molecule has 0 fully saturated rings. The number of pyridine rings is 1. The molecule has 2 heterocycles. The van der Waals surface area contributed by atoms with E-state index in [4.69, 9.17) is 4.42 Å². The predicted octanol–water partition coefficient (Wildman–Crippen LogP) is 6.42. The van der Waals surface area contributed by atoms with Crippen molar-refractivity contribution < 1.29 is 4.42 Å². The maximum atomic E-state index is 6.16. The smallest absolute Gasteiger partial charge is 0.156 e. The van der Waals surface area contributed by atoms with Gasteiger partial charge >= 0.3 is 0 Å². The minimum Gasteiger partial charge on any atom is -0.454 e. The first-order chi connectivity index (χ1) is 12.2. The lowest BCUT2D eigenvalue weighted by molar-refractivity contribution is 0.628. The van der Waals surface area contributed by atoms with Gasteiger partial charge in [-0.1, -0.05) is 55.1 Å². The van der Waals surface area contributed by atoms with Crippen molar-refractivity contribution in [3.63, 3.8) is 0 Å². The number of aromatic nitrogens is 1. The molecule has 2 aromatic carbocycles. The van der Waals surface area contributed by atoms with Crippen LogP contribution in [0.1, 0.15) is 16.8 Å². The molecule has 0 N–H and O–H groups in total. The molecule has 0 bridgehead atoms. The average Bonchev–Trinajstić information content (AvgIpc) is 3.07. The van der Waals surface area contributed by atoms with Gasteiger partial charge in [0.25, 0.3) is 0 Å². The Morgan fingerprint density at radius 1 is 0.920 bits per heavy atom. The van der Waals surface area contributed by atoms with E-state index >= 15 is 0 Å². The minimum absolute atomic E-state index is 0.838. The van der Waals surface area contributed by atoms with Crippen molar-refractivity contribution in [3.8, 4) is 22.5 Å². The molecule has 0 saturated carbocycles. The molecule has 0 aliphatic rings. The van der Waals surface area contributed by atoms with Crippen molar-refractivity contribution in [2.45, 2.75) is 13.8 Å². The summed E-state index contributed by atoms with van der Waals surface area (Å²) in [6.07, 6.45) is 1.76. The van der Waals surface area contributed by atoms with Gasteiger partial charge in [-0.15, -0.1) is 0 Å². The fourth-order valence-corrected chi connectivity index (χ4v) is 3.28. The van der Waals surface area contributed by atoms with E-state index in [2.05, 4.69) is 61.0 Å². The van der Waals surface area contributed by atoms with Crippen LogP contribution in [0.25, 0.3) is 39.6 Å². The van der Waals surface area contributed by atoms with Gasteiger partial charge in [-0.2, -0.15) is 0 Å². The Morgan fingerprint density at radius 3 is 2.44 bits per heavy atom. The van der Waals surface area contributed by atoms with Gasteiger partial charge in [0, 0.05) is 11.6 Å². The minimum atomic E-state index is 0.838. The summed E-state index contributed by atoms with van der Waals surface area (Å²) in [6.45, 7) is 7.99. The summed E-state index contributed by atoms with van der Waals surface area (Å²) in [4.78, 5) is 4.60. The molecule has 0 amide bonds. The highest BCUT2D eigenvalue weighted by atomic mass is 16.3. The summed E-state index contributed by atoms with van der Waals surface area (Å²) < 4.78 is 6.16. The van der Waals surface area contributed by atoms with Crippen molar-refractivity contribution in [2.75, 3.05) is 0 Å². The molecular weight excluding hydrogens is 306 g/mol. The predicted molar refractivity (Wildman–Crippen MR) is 104 cm³/mol. The Bertz CT molecular complexity index is 1070. The molecule has 4 aromatic rings. The van der Waals surface area contributed by atoms with Crippen LogP contribution in [0.5, 0.6) is 0 Å². The molecular formula is C23H19NO. The van der Waals surface area contributed by atoms with E-state index in [1.165, 1.54) is 16.7 Å². The van der Waals surface area contributed by atoms with Gasteiger partial charge in [-0.25, -0.2) is 4.98 Å². The molecule has 0 aliphatic heterocycles. The standard InChI is InChI=1S/C23H19NO/c1-4-18-13-15(2)23-21(24-18)14-22(25-23)20-12-8-11-19(16(20)3)17-9-6-5-7-10-17/h4-14H,1H2,2-3H3. The highest BCUT2D eigenvalue weighted by molar-refractivity contribution is 5.85. The van der Waals surface area contributed by atoms with Crippen LogP contribution in [0.2, 0.25) is 0 Å². The Kier molecular flexibility index (Phi) is 3.73. The zero-order valence-electron chi connectivity index (χ0n) is 14.4. The largest absolute Gasteiger partial charge is 0.454 e. The molecule has 0 spiro atoms. The summed E-state index contributed by atoms with van der Waals surface area (Å²) >= 11 is 0. The lowest BCUT2D eigenvalue weighted by Crippen LogP contribution is -1.87. The first kappa shape index (κ1) is 15.4. The second-order valence-electron chi connectivity index (χ2n) is 6.24. The van der Waals surface area contributed by atoms with E-state index in [9.17, 15) is 0 Å². The van der Waals surface area contributed by atoms with Crippen LogP contribution in [-0.4, -0.2) is 4.98 Å². The highest BCUT2D eigenvalue weighted by Crippen LogP contribution is 2.35. The third-order valence-electron chi connectivity index (χ3n) is 4.58. The van der Waals surface area contributed by atoms with Gasteiger partial charge < -0.3 is 4.42 Å². The van der Waals surface area contributed by atoms with Crippen LogP contribution >= 0.6 is 0 Å². The van der Waals surface area contributed by atoms with E-state index in [0.717, 1.165) is 33.7 Å². The fourth-order valence-electron chi connectivity index (χ4n) is 3.28. The van der Waals surface area contributed by atoms with Crippen molar-refractivity contribution in [2.24, 2.45) is 0 Å². The topological polar surface area (TPSA) is 26.0 Å². The summed E-state index contributed by atoms with van der Waals surface area (Å²) in [5, 5.41) is 0. The quantitative estimate of drug-likeness (QED) is 0.434. The maximum Gasteiger partial charge on any atom is 0.156 e. The molecule has 0 atom stereocenters. The molecule has 122 valence electrons. The van der Waals surface area contributed by atoms with Gasteiger partial charge in [0.2, 0.25) is 0 Å². The molecule has 2 aromatic heterocycles. The molecule has 0 aliphatic carbocycles. The summed E-state index contributed by atoms with van der Waals surface area (Å²) in [5.41, 5.74) is 8.37. The first-order valence-corrected chi connectivity index (χ1v) is 8.36. The van der Waals surface area contributed by atoms with Crippen molar-refractivity contribution in [3.05, 3.63) is 84.1 Å². The normalized spacial score (nSPS) is 11.0. The third-order valence-corrected chi connectivity index (χ3v) is 4.58. The number of benzene rings is 2. The number of nitrogens with zero attached hydrogens (tertiary/aromatic N) is 1. The fraction of sp³-hybridized carbons (Fsp3) is 0.0870. The Morgan fingerprint density at radius 2 is 1.68 bits per heavy atom. The van der Waals surface area contributed by atoms with E-state index < -0.39 is 0 Å². The van der Waals surface area contributed by atoms with Crippen LogP contribution in [0.3, 0.4) is 0 Å². The first-order valence-electron chi connectivity index (χ1n) is 8.36. The van der Waals surface area contributed by atoms with Crippen LogP contribution < -0.4 is 0 Å². The molecule has 2 heteroatoms. The molecule has 4 rings (SSSR count). The Hall–Kier alpha value is -3.13. The van der Waals surface area contributed by atoms with E-state index in [1.807, 2.05) is 25.1 Å². The number of aryl methyl sites for hydroxylation is 1. The zero-order valence-corrected chi connectivity index (χ0v) is 14.4. The molecule has 25 heavy (non-hydrogen) atoms. The van der Waals surface area contributed by atoms with Gasteiger partial charge in [-0.05, 0) is 48.2 Å². The van der Waals surface area contributed by atoms with Crippen LogP contribution in [0.15, 0.2) is 71.7 Å². The van der Waals surface area contributed by atoms with Crippen LogP contribution in [0.4, 0.5) is 0 Å². The Labute approximate surface area is 147 Å². The van der Waals surface area contributed by atoms with Crippen LogP contribution in [0, 0.1) is 13.8 Å². The number of rotatable bonds is 3. The summed E-state index contributed by atoms with van der Waals surface area (Å²) in [6, 6.07) is 20.8. The number of hydrogen-bond donors (Lipinski definition) is 0.